The molecule has 1 N–H and O–H groups in total. The quantitative estimate of drug-likeness (QED) is 0.477. The van der Waals surface area contributed by atoms with Crippen molar-refractivity contribution in [3.63, 3.8) is 0 Å². The van der Waals surface area contributed by atoms with E-state index in [-0.39, 0.29) is 22.7 Å². The monoisotopic (exact) mass is 399 g/mol. The summed E-state index contributed by atoms with van der Waals surface area (Å²) in [5.41, 5.74) is 0.571. The minimum absolute atomic E-state index is 0.00723. The first-order chi connectivity index (χ1) is 9.88. The molecule has 0 aromatic heterocycles. The highest BCUT2D eigenvalue weighted by atomic mass is 127. The fourth-order valence-electron chi connectivity index (χ4n) is 1.69. The summed E-state index contributed by atoms with van der Waals surface area (Å²) >= 11 is 2.00. The van der Waals surface area contributed by atoms with Crippen LogP contribution in [0.4, 0.5) is 5.69 Å². The zero-order valence-electron chi connectivity index (χ0n) is 10.9. The van der Waals surface area contributed by atoms with E-state index < -0.39 is 10.9 Å². The van der Waals surface area contributed by atoms with E-state index in [1.807, 2.05) is 22.6 Å². The second-order valence-corrected chi connectivity index (χ2v) is 5.50. The maximum absolute atomic E-state index is 11.2. The minimum Gasteiger partial charge on any atom is -0.478 e. The minimum atomic E-state index is -1.12. The Bertz CT molecular complexity index is 729. The fraction of sp³-hybridized carbons (Fsp3) is 0.0714. The lowest BCUT2D eigenvalue weighted by molar-refractivity contribution is -0.384. The number of carbonyl (C=O) groups is 1. The number of aromatic carboxylic acids is 1. The molecular weight excluding hydrogens is 389 g/mol. The van der Waals surface area contributed by atoms with Crippen molar-refractivity contribution in [2.24, 2.45) is 0 Å². The average molecular weight is 399 g/mol. The Morgan fingerprint density at radius 3 is 2.57 bits per heavy atom. The molecule has 0 aliphatic rings. The Balaban J connectivity index is 2.45. The summed E-state index contributed by atoms with van der Waals surface area (Å²) in [6.07, 6.45) is 0. The first-order valence-electron chi connectivity index (χ1n) is 5.84. The molecule has 0 spiro atoms. The van der Waals surface area contributed by atoms with Crippen LogP contribution in [0.15, 0.2) is 36.4 Å². The van der Waals surface area contributed by atoms with E-state index in [9.17, 15) is 20.0 Å². The lowest BCUT2D eigenvalue weighted by Gasteiger charge is -2.11. The summed E-state index contributed by atoms with van der Waals surface area (Å²) in [5.74, 6) is -0.717. The highest BCUT2D eigenvalue weighted by molar-refractivity contribution is 14.1. The predicted molar refractivity (Wildman–Crippen MR) is 84.0 cm³/mol. The Morgan fingerprint density at radius 1 is 1.24 bits per heavy atom. The molecule has 6 nitrogen and oxygen atoms in total. The van der Waals surface area contributed by atoms with Crippen LogP contribution in [0, 0.1) is 20.6 Å². The maximum Gasteiger partial charge on any atom is 0.339 e. The number of rotatable bonds is 4. The molecule has 21 heavy (non-hydrogen) atoms. The van der Waals surface area contributed by atoms with Crippen LogP contribution < -0.4 is 4.74 Å². The topological polar surface area (TPSA) is 89.7 Å². The Hall–Kier alpha value is -2.16. The van der Waals surface area contributed by atoms with E-state index in [0.29, 0.717) is 5.56 Å². The van der Waals surface area contributed by atoms with Gasteiger partial charge in [0, 0.05) is 9.64 Å². The number of halogens is 1. The number of hydrogen-bond donors (Lipinski definition) is 1. The summed E-state index contributed by atoms with van der Waals surface area (Å²) in [6, 6.07) is 8.91. The van der Waals surface area contributed by atoms with Crippen molar-refractivity contribution in [3.05, 3.63) is 61.2 Å². The molecule has 2 aromatic carbocycles. The van der Waals surface area contributed by atoms with Gasteiger partial charge in [-0.05, 0) is 59.3 Å². The molecule has 0 heterocycles. The van der Waals surface area contributed by atoms with Crippen LogP contribution in [0.3, 0.4) is 0 Å². The molecule has 0 radical (unpaired) electrons. The molecule has 0 saturated carbocycles. The first-order valence-corrected chi connectivity index (χ1v) is 6.92. The van der Waals surface area contributed by atoms with Gasteiger partial charge in [-0.1, -0.05) is 0 Å². The number of non-ortho nitro benzene ring substituents is 1. The number of nitro benzene ring substituents is 1. The van der Waals surface area contributed by atoms with Gasteiger partial charge in [0.2, 0.25) is 0 Å². The lowest BCUT2D eigenvalue weighted by atomic mass is 10.2. The Labute approximate surface area is 133 Å². The molecule has 108 valence electrons. The van der Waals surface area contributed by atoms with Gasteiger partial charge in [-0.15, -0.1) is 0 Å². The Kier molecular flexibility index (Phi) is 4.41. The van der Waals surface area contributed by atoms with Crippen molar-refractivity contribution in [2.75, 3.05) is 0 Å². The van der Waals surface area contributed by atoms with Crippen molar-refractivity contribution in [1.29, 1.82) is 0 Å². The van der Waals surface area contributed by atoms with Gasteiger partial charge >= 0.3 is 5.97 Å². The molecule has 0 fully saturated rings. The van der Waals surface area contributed by atoms with Crippen LogP contribution in [-0.2, 0) is 0 Å². The van der Waals surface area contributed by atoms with E-state index in [0.717, 1.165) is 3.57 Å². The number of hydrogen-bond acceptors (Lipinski definition) is 4. The Morgan fingerprint density at radius 2 is 1.95 bits per heavy atom. The van der Waals surface area contributed by atoms with Gasteiger partial charge in [-0.2, -0.15) is 0 Å². The molecule has 0 atom stereocenters. The van der Waals surface area contributed by atoms with E-state index in [1.165, 1.54) is 24.3 Å². The number of carboxylic acid groups (broad SMARTS) is 1. The fourth-order valence-corrected chi connectivity index (χ4v) is 2.18. The van der Waals surface area contributed by atoms with Gasteiger partial charge in [0.05, 0.1) is 11.0 Å². The highest BCUT2D eigenvalue weighted by Crippen LogP contribution is 2.31. The van der Waals surface area contributed by atoms with Crippen molar-refractivity contribution in [3.8, 4) is 11.5 Å². The molecule has 0 amide bonds. The normalized spacial score (nSPS) is 10.2. The summed E-state index contributed by atoms with van der Waals surface area (Å²) in [6.45, 7) is 1.73. The second kappa shape index (κ2) is 6.08. The third-order valence-corrected chi connectivity index (χ3v) is 3.45. The number of carboxylic acids is 1. The number of nitro groups is 1. The summed E-state index contributed by atoms with van der Waals surface area (Å²) < 4.78 is 6.32. The summed E-state index contributed by atoms with van der Waals surface area (Å²) in [7, 11) is 0. The van der Waals surface area contributed by atoms with Crippen LogP contribution in [-0.4, -0.2) is 16.0 Å². The van der Waals surface area contributed by atoms with Crippen LogP contribution in [0.5, 0.6) is 11.5 Å². The van der Waals surface area contributed by atoms with Crippen molar-refractivity contribution in [2.45, 2.75) is 6.92 Å². The molecular formula is C14H10INO5. The van der Waals surface area contributed by atoms with Gasteiger partial charge in [-0.3, -0.25) is 10.1 Å². The van der Waals surface area contributed by atoms with E-state index in [2.05, 4.69) is 0 Å². The third kappa shape index (κ3) is 3.48. The molecule has 0 bridgehead atoms. The summed E-state index contributed by atoms with van der Waals surface area (Å²) in [4.78, 5) is 21.5. The highest BCUT2D eigenvalue weighted by Gasteiger charge is 2.15. The van der Waals surface area contributed by atoms with Gasteiger partial charge in [0.15, 0.2) is 0 Å². The average Bonchev–Trinajstić information content (AvgIpc) is 2.42. The van der Waals surface area contributed by atoms with Crippen molar-refractivity contribution in [1.82, 2.24) is 0 Å². The second-order valence-electron chi connectivity index (χ2n) is 4.25. The van der Waals surface area contributed by atoms with E-state index in [1.54, 1.807) is 19.1 Å². The lowest BCUT2D eigenvalue weighted by Crippen LogP contribution is -2.01. The SMILES string of the molecule is Cc1ccc([N+](=O)[O-])cc1Oc1ccc(I)cc1C(=O)O. The number of aryl methyl sites for hydroxylation is 1. The van der Waals surface area contributed by atoms with Crippen LogP contribution in [0.1, 0.15) is 15.9 Å². The largest absolute Gasteiger partial charge is 0.478 e. The first kappa shape index (κ1) is 15.2. The molecule has 7 heteroatoms. The van der Waals surface area contributed by atoms with Crippen molar-refractivity contribution >= 4 is 34.2 Å². The van der Waals surface area contributed by atoms with Gasteiger partial charge in [-0.25, -0.2) is 4.79 Å². The zero-order chi connectivity index (χ0) is 15.6. The molecule has 0 aliphatic carbocycles. The van der Waals surface area contributed by atoms with E-state index >= 15 is 0 Å². The van der Waals surface area contributed by atoms with Gasteiger partial charge < -0.3 is 9.84 Å². The van der Waals surface area contributed by atoms with Gasteiger partial charge in [0.25, 0.3) is 5.69 Å². The molecule has 0 aliphatic heterocycles. The summed E-state index contributed by atoms with van der Waals surface area (Å²) in [5, 5.41) is 20.0. The molecule has 2 aromatic rings. The van der Waals surface area contributed by atoms with Crippen molar-refractivity contribution < 1.29 is 19.6 Å². The predicted octanol–water partition coefficient (Wildman–Crippen LogP) is 4.00. The van der Waals surface area contributed by atoms with Crippen LogP contribution in [0.25, 0.3) is 0 Å². The van der Waals surface area contributed by atoms with Crippen LogP contribution >= 0.6 is 22.6 Å². The number of nitrogens with zero attached hydrogens (tertiary/aromatic N) is 1. The third-order valence-electron chi connectivity index (χ3n) is 2.77. The standard InChI is InChI=1S/C14H10INO5/c1-8-2-4-10(16(19)20)7-13(8)21-12-5-3-9(15)6-11(12)14(17)18/h2-7H,1H3,(H,17,18). The van der Waals surface area contributed by atoms with Gasteiger partial charge in [0.1, 0.15) is 17.1 Å². The number of ether oxygens (including phenoxy) is 1. The number of benzene rings is 2. The van der Waals surface area contributed by atoms with Crippen LogP contribution in [0.2, 0.25) is 0 Å². The molecule has 0 saturated heterocycles. The molecule has 2 rings (SSSR count). The van der Waals surface area contributed by atoms with E-state index in [4.69, 9.17) is 4.74 Å². The smallest absolute Gasteiger partial charge is 0.339 e. The molecule has 0 unspecified atom stereocenters. The zero-order valence-corrected chi connectivity index (χ0v) is 13.0. The maximum atomic E-state index is 11.2.